The fourth-order valence-electron chi connectivity index (χ4n) is 1.34. The van der Waals surface area contributed by atoms with Crippen LogP contribution in [-0.2, 0) is 11.3 Å². The molecule has 3 amide bonds. The lowest BCUT2D eigenvalue weighted by molar-refractivity contribution is -0.123. The standard InChI is InChI=1S/C12H22N6O2/c1-8(10(19)15-11(20)13-5)18-7-9(16-17-18)6-14-12(2,3)4/h7-8,14H,6H2,1-5H3,(H2,13,15,19,20). The van der Waals surface area contributed by atoms with E-state index in [2.05, 4.69) is 47.0 Å². The molecule has 1 atom stereocenters. The van der Waals surface area contributed by atoms with Crippen LogP contribution in [0, 0.1) is 0 Å². The Kier molecular flexibility index (Phi) is 5.20. The molecule has 3 N–H and O–H groups in total. The van der Waals surface area contributed by atoms with Gasteiger partial charge in [0.1, 0.15) is 6.04 Å². The molecular formula is C12H22N6O2. The van der Waals surface area contributed by atoms with Crippen LogP contribution in [0.2, 0.25) is 0 Å². The number of carbonyl (C=O) groups is 2. The Morgan fingerprint density at radius 3 is 2.60 bits per heavy atom. The van der Waals surface area contributed by atoms with E-state index in [0.29, 0.717) is 6.54 Å². The number of nitrogens with zero attached hydrogens (tertiary/aromatic N) is 3. The van der Waals surface area contributed by atoms with E-state index in [1.165, 1.54) is 11.7 Å². The van der Waals surface area contributed by atoms with Crippen LogP contribution in [0.5, 0.6) is 0 Å². The van der Waals surface area contributed by atoms with Crippen molar-refractivity contribution in [1.29, 1.82) is 0 Å². The summed E-state index contributed by atoms with van der Waals surface area (Å²) in [4.78, 5) is 22.8. The maximum atomic E-state index is 11.8. The van der Waals surface area contributed by atoms with Crippen LogP contribution < -0.4 is 16.0 Å². The maximum absolute atomic E-state index is 11.8. The minimum Gasteiger partial charge on any atom is -0.341 e. The first-order chi connectivity index (χ1) is 9.23. The van der Waals surface area contributed by atoms with E-state index >= 15 is 0 Å². The van der Waals surface area contributed by atoms with E-state index in [-0.39, 0.29) is 5.54 Å². The van der Waals surface area contributed by atoms with Crippen LogP contribution in [0.4, 0.5) is 4.79 Å². The summed E-state index contributed by atoms with van der Waals surface area (Å²) < 4.78 is 1.43. The van der Waals surface area contributed by atoms with Gasteiger partial charge in [-0.15, -0.1) is 5.10 Å². The van der Waals surface area contributed by atoms with Crippen molar-refractivity contribution < 1.29 is 9.59 Å². The van der Waals surface area contributed by atoms with E-state index in [4.69, 9.17) is 0 Å². The lowest BCUT2D eigenvalue weighted by atomic mass is 10.1. The molecule has 1 aromatic heterocycles. The molecule has 20 heavy (non-hydrogen) atoms. The van der Waals surface area contributed by atoms with E-state index in [1.54, 1.807) is 13.1 Å². The van der Waals surface area contributed by atoms with Crippen molar-refractivity contribution in [1.82, 2.24) is 30.9 Å². The minimum absolute atomic E-state index is 0.0218. The number of amides is 3. The first kappa shape index (κ1) is 16.1. The summed E-state index contributed by atoms with van der Waals surface area (Å²) in [5, 5.41) is 15.7. The Labute approximate surface area is 118 Å². The zero-order chi connectivity index (χ0) is 15.3. The molecular weight excluding hydrogens is 260 g/mol. The average molecular weight is 282 g/mol. The van der Waals surface area contributed by atoms with Crippen LogP contribution in [0.25, 0.3) is 0 Å². The van der Waals surface area contributed by atoms with Crippen molar-refractivity contribution in [2.45, 2.75) is 45.8 Å². The number of aromatic nitrogens is 3. The Morgan fingerprint density at radius 1 is 1.40 bits per heavy atom. The minimum atomic E-state index is -0.608. The highest BCUT2D eigenvalue weighted by molar-refractivity contribution is 5.95. The van der Waals surface area contributed by atoms with Crippen molar-refractivity contribution >= 4 is 11.9 Å². The molecule has 0 saturated heterocycles. The molecule has 0 spiro atoms. The number of nitrogens with one attached hydrogen (secondary N) is 3. The van der Waals surface area contributed by atoms with Gasteiger partial charge in [0.2, 0.25) is 0 Å². The van der Waals surface area contributed by atoms with Gasteiger partial charge < -0.3 is 10.6 Å². The second kappa shape index (κ2) is 6.47. The average Bonchev–Trinajstić information content (AvgIpc) is 2.83. The van der Waals surface area contributed by atoms with Crippen LogP contribution in [-0.4, -0.2) is 39.5 Å². The number of carbonyl (C=O) groups excluding carboxylic acids is 2. The maximum Gasteiger partial charge on any atom is 0.321 e. The molecule has 0 radical (unpaired) electrons. The largest absolute Gasteiger partial charge is 0.341 e. The molecule has 0 bridgehead atoms. The van der Waals surface area contributed by atoms with Crippen LogP contribution in [0.3, 0.4) is 0 Å². The van der Waals surface area contributed by atoms with E-state index in [1.807, 2.05) is 0 Å². The molecule has 0 saturated carbocycles. The van der Waals surface area contributed by atoms with Crippen molar-refractivity contribution in [3.8, 4) is 0 Å². The van der Waals surface area contributed by atoms with E-state index in [0.717, 1.165) is 5.69 Å². The lowest BCUT2D eigenvalue weighted by Crippen LogP contribution is -2.41. The first-order valence-electron chi connectivity index (χ1n) is 6.41. The fourth-order valence-corrected chi connectivity index (χ4v) is 1.34. The molecule has 8 heteroatoms. The smallest absolute Gasteiger partial charge is 0.321 e. The molecule has 1 heterocycles. The second-order valence-corrected chi connectivity index (χ2v) is 5.54. The Balaban J connectivity index is 2.62. The molecule has 0 aliphatic rings. The molecule has 0 aliphatic heterocycles. The summed E-state index contributed by atoms with van der Waals surface area (Å²) in [6, 6.07) is -1.15. The van der Waals surface area contributed by atoms with E-state index in [9.17, 15) is 9.59 Å². The number of imide groups is 1. The van der Waals surface area contributed by atoms with Crippen molar-refractivity contribution in [2.75, 3.05) is 7.05 Å². The van der Waals surface area contributed by atoms with Gasteiger partial charge in [-0.25, -0.2) is 9.48 Å². The van der Waals surface area contributed by atoms with Gasteiger partial charge in [0.25, 0.3) is 5.91 Å². The summed E-state index contributed by atoms with van der Waals surface area (Å²) in [5.41, 5.74) is 0.714. The van der Waals surface area contributed by atoms with Gasteiger partial charge in [-0.05, 0) is 27.7 Å². The zero-order valence-corrected chi connectivity index (χ0v) is 12.5. The topological polar surface area (TPSA) is 101 Å². The van der Waals surface area contributed by atoms with Gasteiger partial charge in [0.15, 0.2) is 0 Å². The first-order valence-corrected chi connectivity index (χ1v) is 6.41. The Bertz CT molecular complexity index is 477. The van der Waals surface area contributed by atoms with Gasteiger partial charge >= 0.3 is 6.03 Å². The van der Waals surface area contributed by atoms with Crippen molar-refractivity contribution in [3.63, 3.8) is 0 Å². The Morgan fingerprint density at radius 2 is 2.05 bits per heavy atom. The lowest BCUT2D eigenvalue weighted by Gasteiger charge is -2.19. The molecule has 1 rings (SSSR count). The quantitative estimate of drug-likeness (QED) is 0.731. The molecule has 1 unspecified atom stereocenters. The third-order valence-electron chi connectivity index (χ3n) is 2.60. The zero-order valence-electron chi connectivity index (χ0n) is 12.5. The summed E-state index contributed by atoms with van der Waals surface area (Å²) in [7, 11) is 1.44. The SMILES string of the molecule is CNC(=O)NC(=O)C(C)n1cc(CNC(C)(C)C)nn1. The van der Waals surface area contributed by atoms with Gasteiger partial charge in [-0.3, -0.25) is 10.1 Å². The fraction of sp³-hybridized carbons (Fsp3) is 0.667. The number of urea groups is 1. The molecule has 8 nitrogen and oxygen atoms in total. The van der Waals surface area contributed by atoms with E-state index < -0.39 is 18.0 Å². The Hall–Kier alpha value is -1.96. The van der Waals surface area contributed by atoms with Gasteiger partial charge in [0, 0.05) is 19.1 Å². The number of hydrogen-bond acceptors (Lipinski definition) is 5. The molecule has 0 fully saturated rings. The van der Waals surface area contributed by atoms with Crippen LogP contribution in [0.15, 0.2) is 6.20 Å². The molecule has 0 aliphatic carbocycles. The van der Waals surface area contributed by atoms with Crippen LogP contribution in [0.1, 0.15) is 39.4 Å². The van der Waals surface area contributed by atoms with Gasteiger partial charge in [0.05, 0.1) is 11.9 Å². The highest BCUT2D eigenvalue weighted by atomic mass is 16.2. The van der Waals surface area contributed by atoms with Gasteiger partial charge in [-0.1, -0.05) is 5.21 Å². The predicted molar refractivity (Wildman–Crippen MR) is 73.9 cm³/mol. The van der Waals surface area contributed by atoms with Gasteiger partial charge in [-0.2, -0.15) is 0 Å². The number of hydrogen-bond donors (Lipinski definition) is 3. The highest BCUT2D eigenvalue weighted by Crippen LogP contribution is 2.06. The third kappa shape index (κ3) is 4.96. The summed E-state index contributed by atoms with van der Waals surface area (Å²) in [6.45, 7) is 8.37. The highest BCUT2D eigenvalue weighted by Gasteiger charge is 2.19. The van der Waals surface area contributed by atoms with Crippen molar-refractivity contribution in [3.05, 3.63) is 11.9 Å². The van der Waals surface area contributed by atoms with Crippen LogP contribution >= 0.6 is 0 Å². The second-order valence-electron chi connectivity index (χ2n) is 5.54. The van der Waals surface area contributed by atoms with Crippen molar-refractivity contribution in [2.24, 2.45) is 0 Å². The third-order valence-corrected chi connectivity index (χ3v) is 2.60. The summed E-state index contributed by atoms with van der Waals surface area (Å²) in [5.74, 6) is -0.440. The summed E-state index contributed by atoms with van der Waals surface area (Å²) in [6.07, 6.45) is 1.69. The predicted octanol–water partition coefficient (Wildman–Crippen LogP) is 0.183. The molecule has 0 aromatic carbocycles. The molecule has 1 aromatic rings. The normalized spacial score (nSPS) is 12.8. The monoisotopic (exact) mass is 282 g/mol. The number of rotatable bonds is 4. The summed E-state index contributed by atoms with van der Waals surface area (Å²) >= 11 is 0. The molecule has 112 valence electrons.